The summed E-state index contributed by atoms with van der Waals surface area (Å²) in [6.45, 7) is 0. The number of anilines is 1. The Morgan fingerprint density at radius 3 is 2.19 bits per heavy atom. The van der Waals surface area contributed by atoms with E-state index in [2.05, 4.69) is 10.5 Å². The summed E-state index contributed by atoms with van der Waals surface area (Å²) in [7, 11) is 0. The molecule has 0 radical (unpaired) electrons. The van der Waals surface area contributed by atoms with Crippen LogP contribution in [0.1, 0.15) is 22.6 Å². The topological polar surface area (TPSA) is 120 Å². The molecule has 9 heteroatoms. The molecule has 0 saturated carbocycles. The first kappa shape index (κ1) is 23.4. The highest BCUT2D eigenvalue weighted by atomic mass is 16.6. The Kier molecular flexibility index (Phi) is 6.41. The van der Waals surface area contributed by atoms with Crippen molar-refractivity contribution in [2.45, 2.75) is 5.92 Å². The van der Waals surface area contributed by atoms with Crippen LogP contribution < -0.4 is 10.2 Å². The molecular formula is C28H20N4O5. The Bertz CT molecular complexity index is 1530. The summed E-state index contributed by atoms with van der Waals surface area (Å²) in [6, 6.07) is 30.7. The fraction of sp³-hybridized carbons (Fsp3) is 0.0357. The van der Waals surface area contributed by atoms with Crippen LogP contribution in [0.2, 0.25) is 0 Å². The van der Waals surface area contributed by atoms with Crippen molar-refractivity contribution in [1.29, 1.82) is 0 Å². The molecule has 0 fully saturated rings. The van der Waals surface area contributed by atoms with Crippen LogP contribution in [-0.2, 0) is 0 Å². The second-order valence-electron chi connectivity index (χ2n) is 8.22. The van der Waals surface area contributed by atoms with Crippen molar-refractivity contribution in [3.8, 4) is 5.75 Å². The second kappa shape index (κ2) is 10.1. The van der Waals surface area contributed by atoms with Crippen molar-refractivity contribution >= 4 is 29.0 Å². The molecule has 4 aromatic rings. The highest BCUT2D eigenvalue weighted by molar-refractivity contribution is 5.94. The smallest absolute Gasteiger partial charge is 0.301 e. The van der Waals surface area contributed by atoms with Gasteiger partial charge in [0.15, 0.2) is 0 Å². The Hall–Kier alpha value is -5.31. The molecule has 0 saturated heterocycles. The molecule has 182 valence electrons. The van der Waals surface area contributed by atoms with Crippen molar-refractivity contribution in [2.24, 2.45) is 5.10 Å². The molecule has 4 aromatic carbocycles. The average Bonchev–Trinajstić information content (AvgIpc) is 2.93. The van der Waals surface area contributed by atoms with Crippen LogP contribution in [0.5, 0.6) is 5.75 Å². The first-order valence-corrected chi connectivity index (χ1v) is 11.4. The van der Waals surface area contributed by atoms with Crippen LogP contribution in [-0.4, -0.2) is 16.1 Å². The maximum absolute atomic E-state index is 11.5. The van der Waals surface area contributed by atoms with Crippen LogP contribution in [0.25, 0.3) is 5.76 Å². The number of nitrogens with zero attached hydrogens (tertiary/aromatic N) is 3. The molecule has 1 atom stereocenters. The molecule has 37 heavy (non-hydrogen) atoms. The van der Waals surface area contributed by atoms with Gasteiger partial charge in [-0.05, 0) is 17.7 Å². The first-order valence-electron chi connectivity index (χ1n) is 11.4. The van der Waals surface area contributed by atoms with E-state index in [4.69, 9.17) is 4.74 Å². The van der Waals surface area contributed by atoms with E-state index in [1.165, 1.54) is 12.1 Å². The van der Waals surface area contributed by atoms with Gasteiger partial charge in [-0.25, -0.2) is 0 Å². The van der Waals surface area contributed by atoms with Gasteiger partial charge in [0.05, 0.1) is 22.1 Å². The number of ether oxygens (including phenoxy) is 1. The Morgan fingerprint density at radius 1 is 0.811 bits per heavy atom. The van der Waals surface area contributed by atoms with Gasteiger partial charge in [-0.2, -0.15) is 5.10 Å². The molecular weight excluding hydrogens is 472 g/mol. The standard InChI is InChI=1S/C28H20N4O5/c33-31(34)21-15-16-24(25(17-21)32(35)36)30-29-18-23-27(19-9-3-1-4-10-19)22-13-7-8-14-26(22)37-28(23)20-11-5-2-6-12-20/h1-18,27,30H/b29-18-/t27-/m0/s1. The van der Waals surface area contributed by atoms with Gasteiger partial charge in [0.25, 0.3) is 5.69 Å². The fourth-order valence-corrected chi connectivity index (χ4v) is 4.28. The molecule has 0 bridgehead atoms. The average molecular weight is 492 g/mol. The summed E-state index contributed by atoms with van der Waals surface area (Å²) in [4.78, 5) is 21.2. The van der Waals surface area contributed by atoms with Gasteiger partial charge in [-0.15, -0.1) is 0 Å². The lowest BCUT2D eigenvalue weighted by molar-refractivity contribution is -0.393. The molecule has 0 amide bonds. The van der Waals surface area contributed by atoms with E-state index >= 15 is 0 Å². The molecule has 0 spiro atoms. The number of allylic oxidation sites excluding steroid dienone is 1. The molecule has 0 aromatic heterocycles. The van der Waals surface area contributed by atoms with E-state index in [1.54, 1.807) is 6.21 Å². The third-order valence-electron chi connectivity index (χ3n) is 5.96. The zero-order valence-corrected chi connectivity index (χ0v) is 19.4. The van der Waals surface area contributed by atoms with Gasteiger partial charge in [0.2, 0.25) is 0 Å². The summed E-state index contributed by atoms with van der Waals surface area (Å²) in [6.07, 6.45) is 1.58. The van der Waals surface area contributed by atoms with Crippen molar-refractivity contribution in [3.63, 3.8) is 0 Å². The number of nitro benzene ring substituents is 2. The third kappa shape index (κ3) is 4.78. The lowest BCUT2D eigenvalue weighted by Gasteiger charge is -2.29. The molecule has 1 aliphatic heterocycles. The SMILES string of the molecule is O=[N+]([O-])c1ccc(N/N=C\C2=C(c3ccccc3)Oc3ccccc3[C@@H]2c2ccccc2)c([N+](=O)[O-])c1. The van der Waals surface area contributed by atoms with E-state index < -0.39 is 15.5 Å². The first-order chi connectivity index (χ1) is 18.0. The summed E-state index contributed by atoms with van der Waals surface area (Å²) < 4.78 is 6.37. The zero-order valence-electron chi connectivity index (χ0n) is 19.4. The van der Waals surface area contributed by atoms with Crippen LogP contribution in [0, 0.1) is 20.2 Å². The number of nitrogens with one attached hydrogen (secondary N) is 1. The highest BCUT2D eigenvalue weighted by Gasteiger charge is 2.31. The van der Waals surface area contributed by atoms with E-state index in [0.29, 0.717) is 5.76 Å². The minimum atomic E-state index is -0.688. The number of rotatable bonds is 7. The number of hydrazone groups is 1. The molecule has 0 unspecified atom stereocenters. The lowest BCUT2D eigenvalue weighted by atomic mass is 9.82. The van der Waals surface area contributed by atoms with Gasteiger partial charge in [-0.3, -0.25) is 25.7 Å². The zero-order chi connectivity index (χ0) is 25.8. The summed E-state index contributed by atoms with van der Waals surface area (Å²) in [5, 5.41) is 26.9. The number of para-hydroxylation sites is 1. The highest BCUT2D eigenvalue weighted by Crippen LogP contribution is 2.45. The normalized spacial score (nSPS) is 14.6. The number of hydrogen-bond donors (Lipinski definition) is 1. The number of non-ortho nitro benzene ring substituents is 1. The van der Waals surface area contributed by atoms with Crippen LogP contribution >= 0.6 is 0 Å². The van der Waals surface area contributed by atoms with E-state index in [9.17, 15) is 20.2 Å². The molecule has 5 rings (SSSR count). The summed E-state index contributed by atoms with van der Waals surface area (Å²) >= 11 is 0. The molecule has 9 nitrogen and oxygen atoms in total. The van der Waals surface area contributed by atoms with E-state index in [1.807, 2.05) is 84.9 Å². The third-order valence-corrected chi connectivity index (χ3v) is 5.96. The van der Waals surface area contributed by atoms with Crippen LogP contribution in [0.4, 0.5) is 17.1 Å². The van der Waals surface area contributed by atoms with E-state index in [0.717, 1.165) is 34.1 Å². The lowest BCUT2D eigenvalue weighted by Crippen LogP contribution is -2.17. The minimum absolute atomic E-state index is 0.0297. The molecule has 0 aliphatic carbocycles. The maximum atomic E-state index is 11.5. The molecule has 1 heterocycles. The Morgan fingerprint density at radius 2 is 1.49 bits per heavy atom. The molecule has 1 N–H and O–H groups in total. The largest absolute Gasteiger partial charge is 0.456 e. The summed E-state index contributed by atoms with van der Waals surface area (Å²) in [5.41, 5.74) is 5.46. The number of nitro groups is 2. The molecule has 1 aliphatic rings. The fourth-order valence-electron chi connectivity index (χ4n) is 4.28. The maximum Gasteiger partial charge on any atom is 0.301 e. The van der Waals surface area contributed by atoms with E-state index in [-0.39, 0.29) is 17.3 Å². The number of fused-ring (bicyclic) bond motifs is 1. The summed E-state index contributed by atoms with van der Waals surface area (Å²) in [5.74, 6) is 1.11. The van der Waals surface area contributed by atoms with Crippen molar-refractivity contribution in [1.82, 2.24) is 0 Å². The predicted octanol–water partition coefficient (Wildman–Crippen LogP) is 6.54. The van der Waals surface area contributed by atoms with Crippen LogP contribution in [0.3, 0.4) is 0 Å². The van der Waals surface area contributed by atoms with Crippen molar-refractivity contribution < 1.29 is 14.6 Å². The Balaban J connectivity index is 1.61. The van der Waals surface area contributed by atoms with Gasteiger partial charge < -0.3 is 4.74 Å². The minimum Gasteiger partial charge on any atom is -0.456 e. The van der Waals surface area contributed by atoms with Gasteiger partial charge in [0, 0.05) is 28.7 Å². The predicted molar refractivity (Wildman–Crippen MR) is 141 cm³/mol. The Labute approximate surface area is 211 Å². The quantitative estimate of drug-likeness (QED) is 0.178. The van der Waals surface area contributed by atoms with Crippen molar-refractivity contribution in [3.05, 3.63) is 146 Å². The van der Waals surface area contributed by atoms with Gasteiger partial charge in [-0.1, -0.05) is 78.9 Å². The van der Waals surface area contributed by atoms with Gasteiger partial charge >= 0.3 is 5.69 Å². The van der Waals surface area contributed by atoms with Gasteiger partial charge in [0.1, 0.15) is 17.2 Å². The number of hydrogen-bond acceptors (Lipinski definition) is 7. The van der Waals surface area contributed by atoms with Crippen LogP contribution in [0.15, 0.2) is 114 Å². The second-order valence-corrected chi connectivity index (χ2v) is 8.22. The number of benzene rings is 4. The monoisotopic (exact) mass is 492 g/mol. The van der Waals surface area contributed by atoms with Crippen molar-refractivity contribution in [2.75, 3.05) is 5.43 Å².